The van der Waals surface area contributed by atoms with E-state index in [1.165, 1.54) is 4.57 Å². The van der Waals surface area contributed by atoms with E-state index < -0.39 is 5.76 Å². The van der Waals surface area contributed by atoms with Gasteiger partial charge in [-0.2, -0.15) is 0 Å². The molecule has 0 radical (unpaired) electrons. The molecule has 0 unspecified atom stereocenters. The van der Waals surface area contributed by atoms with Gasteiger partial charge in [-0.3, -0.25) is 9.36 Å². The molecule has 0 aliphatic heterocycles. The van der Waals surface area contributed by atoms with Gasteiger partial charge in [0.2, 0.25) is 5.91 Å². The highest BCUT2D eigenvalue weighted by atomic mass is 16.4. The molecule has 0 aliphatic carbocycles. The summed E-state index contributed by atoms with van der Waals surface area (Å²) < 4.78 is 6.58. The molecule has 2 aromatic carbocycles. The number of oxazole rings is 1. The highest BCUT2D eigenvalue weighted by molar-refractivity contribution is 5.75. The zero-order valence-corrected chi connectivity index (χ0v) is 14.3. The molecule has 1 heterocycles. The van der Waals surface area contributed by atoms with Crippen molar-refractivity contribution in [3.05, 3.63) is 82.5 Å². The number of hydrogen-bond acceptors (Lipinski definition) is 3. The van der Waals surface area contributed by atoms with E-state index in [4.69, 9.17) is 4.42 Å². The first-order valence-electron chi connectivity index (χ1n) is 8.08. The molecule has 0 fully saturated rings. The van der Waals surface area contributed by atoms with E-state index >= 15 is 0 Å². The summed E-state index contributed by atoms with van der Waals surface area (Å²) >= 11 is 0. The molecule has 1 aromatic heterocycles. The number of likely N-dealkylation sites (N-methyl/N-ethyl adjacent to an activating group) is 1. The lowest BCUT2D eigenvalue weighted by molar-refractivity contribution is -0.131. The van der Waals surface area contributed by atoms with E-state index in [-0.39, 0.29) is 12.5 Å². The standard InChI is InChI=1S/C20H20N2O3/c1-15-8-10-17(11-9-15)18-13-22(20(24)25-18)14-19(23)21(2)12-16-6-4-3-5-7-16/h3-11,13H,12,14H2,1-2H3. The predicted octanol–water partition coefficient (Wildman–Crippen LogP) is 3.08. The fourth-order valence-corrected chi connectivity index (χ4v) is 2.55. The summed E-state index contributed by atoms with van der Waals surface area (Å²) in [5.74, 6) is -0.220. The maximum absolute atomic E-state index is 12.4. The van der Waals surface area contributed by atoms with Crippen LogP contribution in [0.1, 0.15) is 11.1 Å². The molecule has 128 valence electrons. The quantitative estimate of drug-likeness (QED) is 0.719. The van der Waals surface area contributed by atoms with Crippen LogP contribution in [-0.2, 0) is 17.9 Å². The van der Waals surface area contributed by atoms with Gasteiger partial charge in [-0.05, 0) is 12.5 Å². The molecule has 0 saturated heterocycles. The van der Waals surface area contributed by atoms with Gasteiger partial charge in [0.15, 0.2) is 5.76 Å². The van der Waals surface area contributed by atoms with Crippen LogP contribution < -0.4 is 5.76 Å². The van der Waals surface area contributed by atoms with Crippen LogP contribution in [0.2, 0.25) is 0 Å². The van der Waals surface area contributed by atoms with E-state index in [1.807, 2.05) is 61.5 Å². The minimum Gasteiger partial charge on any atom is -0.408 e. The van der Waals surface area contributed by atoms with Gasteiger partial charge in [-0.1, -0.05) is 60.2 Å². The monoisotopic (exact) mass is 336 g/mol. The topological polar surface area (TPSA) is 55.5 Å². The second-order valence-electron chi connectivity index (χ2n) is 6.09. The smallest absolute Gasteiger partial charge is 0.408 e. The number of benzene rings is 2. The van der Waals surface area contributed by atoms with Gasteiger partial charge in [-0.15, -0.1) is 0 Å². The lowest BCUT2D eigenvalue weighted by Gasteiger charge is -2.17. The second-order valence-corrected chi connectivity index (χ2v) is 6.09. The average molecular weight is 336 g/mol. The van der Waals surface area contributed by atoms with E-state index in [2.05, 4.69) is 0 Å². The Morgan fingerprint density at radius 3 is 2.44 bits per heavy atom. The number of aryl methyl sites for hydroxylation is 1. The minimum atomic E-state index is -0.531. The molecule has 3 aromatic rings. The zero-order valence-electron chi connectivity index (χ0n) is 14.3. The van der Waals surface area contributed by atoms with Gasteiger partial charge in [0.25, 0.3) is 0 Å². The summed E-state index contributed by atoms with van der Waals surface area (Å²) in [5.41, 5.74) is 2.98. The van der Waals surface area contributed by atoms with E-state index in [9.17, 15) is 9.59 Å². The average Bonchev–Trinajstić information content (AvgIpc) is 2.97. The Balaban J connectivity index is 1.71. The third kappa shape index (κ3) is 4.07. The Labute approximate surface area is 146 Å². The zero-order chi connectivity index (χ0) is 17.8. The normalized spacial score (nSPS) is 10.6. The van der Waals surface area contributed by atoms with Crippen molar-refractivity contribution in [2.45, 2.75) is 20.0 Å². The number of aromatic nitrogens is 1. The molecule has 5 heteroatoms. The summed E-state index contributed by atoms with van der Waals surface area (Å²) in [4.78, 5) is 26.0. The van der Waals surface area contributed by atoms with Crippen LogP contribution in [0.4, 0.5) is 0 Å². The van der Waals surface area contributed by atoms with Crippen molar-refractivity contribution >= 4 is 5.91 Å². The highest BCUT2D eigenvalue weighted by Crippen LogP contribution is 2.18. The van der Waals surface area contributed by atoms with Crippen LogP contribution in [0.5, 0.6) is 0 Å². The van der Waals surface area contributed by atoms with Crippen molar-refractivity contribution in [3.8, 4) is 11.3 Å². The van der Waals surface area contributed by atoms with Crippen molar-refractivity contribution in [3.63, 3.8) is 0 Å². The van der Waals surface area contributed by atoms with Crippen molar-refractivity contribution < 1.29 is 9.21 Å². The number of nitrogens with zero attached hydrogens (tertiary/aromatic N) is 2. The Morgan fingerprint density at radius 1 is 1.08 bits per heavy atom. The van der Waals surface area contributed by atoms with Crippen LogP contribution in [0.25, 0.3) is 11.3 Å². The van der Waals surface area contributed by atoms with Crippen molar-refractivity contribution in [2.75, 3.05) is 7.05 Å². The maximum Gasteiger partial charge on any atom is 0.419 e. The van der Waals surface area contributed by atoms with Gasteiger partial charge < -0.3 is 9.32 Å². The summed E-state index contributed by atoms with van der Waals surface area (Å²) in [7, 11) is 1.72. The lowest BCUT2D eigenvalue weighted by Crippen LogP contribution is -2.32. The molecule has 3 rings (SSSR count). The van der Waals surface area contributed by atoms with Gasteiger partial charge in [0.1, 0.15) is 6.54 Å². The molecule has 0 saturated carbocycles. The van der Waals surface area contributed by atoms with Crippen molar-refractivity contribution in [1.82, 2.24) is 9.47 Å². The number of hydrogen-bond donors (Lipinski definition) is 0. The number of carbonyl (C=O) groups excluding carboxylic acids is 1. The number of amides is 1. The van der Waals surface area contributed by atoms with Crippen LogP contribution in [-0.4, -0.2) is 22.4 Å². The van der Waals surface area contributed by atoms with Crippen LogP contribution in [0, 0.1) is 6.92 Å². The molecular weight excluding hydrogens is 316 g/mol. The molecule has 0 spiro atoms. The molecule has 0 bridgehead atoms. The second kappa shape index (κ2) is 7.21. The van der Waals surface area contributed by atoms with E-state index in [0.29, 0.717) is 12.3 Å². The summed E-state index contributed by atoms with van der Waals surface area (Å²) in [6.07, 6.45) is 1.58. The van der Waals surface area contributed by atoms with Crippen LogP contribution in [0.3, 0.4) is 0 Å². The molecule has 25 heavy (non-hydrogen) atoms. The summed E-state index contributed by atoms with van der Waals surface area (Å²) in [5, 5.41) is 0. The first-order chi connectivity index (χ1) is 12.0. The third-order valence-corrected chi connectivity index (χ3v) is 4.03. The predicted molar refractivity (Wildman–Crippen MR) is 96.1 cm³/mol. The molecule has 0 atom stereocenters. The van der Waals surface area contributed by atoms with E-state index in [0.717, 1.165) is 16.7 Å². The maximum atomic E-state index is 12.4. The molecule has 1 amide bonds. The fraction of sp³-hybridized carbons (Fsp3) is 0.200. The first-order valence-corrected chi connectivity index (χ1v) is 8.08. The van der Waals surface area contributed by atoms with Crippen LogP contribution in [0.15, 0.2) is 70.0 Å². The van der Waals surface area contributed by atoms with E-state index in [1.54, 1.807) is 18.1 Å². The Bertz CT molecular complexity index is 908. The van der Waals surface area contributed by atoms with Crippen molar-refractivity contribution in [2.24, 2.45) is 0 Å². The third-order valence-electron chi connectivity index (χ3n) is 4.03. The largest absolute Gasteiger partial charge is 0.419 e. The number of carbonyl (C=O) groups is 1. The molecule has 0 N–H and O–H groups in total. The van der Waals surface area contributed by atoms with Crippen molar-refractivity contribution in [1.29, 1.82) is 0 Å². The lowest BCUT2D eigenvalue weighted by atomic mass is 10.1. The Morgan fingerprint density at radius 2 is 1.76 bits per heavy atom. The molecule has 0 aliphatic rings. The van der Waals surface area contributed by atoms with Gasteiger partial charge >= 0.3 is 5.76 Å². The first kappa shape index (κ1) is 16.8. The van der Waals surface area contributed by atoms with Crippen LogP contribution >= 0.6 is 0 Å². The fourth-order valence-electron chi connectivity index (χ4n) is 2.55. The SMILES string of the molecule is Cc1ccc(-c2cn(CC(=O)N(C)Cc3ccccc3)c(=O)o2)cc1. The highest BCUT2D eigenvalue weighted by Gasteiger charge is 2.14. The van der Waals surface area contributed by atoms with Gasteiger partial charge in [0, 0.05) is 19.2 Å². The Hall–Kier alpha value is -3.08. The summed E-state index contributed by atoms with van der Waals surface area (Å²) in [6.45, 7) is 2.45. The summed E-state index contributed by atoms with van der Waals surface area (Å²) in [6, 6.07) is 17.4. The number of rotatable bonds is 5. The van der Waals surface area contributed by atoms with Gasteiger partial charge in [0.05, 0.1) is 6.20 Å². The molecule has 5 nitrogen and oxygen atoms in total. The molecular formula is C20H20N2O3. The minimum absolute atomic E-state index is 0.0441. The van der Waals surface area contributed by atoms with Gasteiger partial charge in [-0.25, -0.2) is 4.79 Å². The Kier molecular flexibility index (Phi) is 4.84.